The highest BCUT2D eigenvalue weighted by molar-refractivity contribution is 6.04. The van der Waals surface area contributed by atoms with Gasteiger partial charge in [0.2, 0.25) is 5.95 Å². The quantitative estimate of drug-likeness (QED) is 0.448. The highest BCUT2D eigenvalue weighted by Gasteiger charge is 2.30. The van der Waals surface area contributed by atoms with Crippen LogP contribution in [0.1, 0.15) is 41.9 Å². The molecule has 5 rings (SSSR count). The van der Waals surface area contributed by atoms with E-state index in [1.807, 2.05) is 35.6 Å². The molecular weight excluding hydrogens is 426 g/mol. The minimum absolute atomic E-state index is 0.176. The smallest absolute Gasteiger partial charge is 0.256 e. The molecule has 1 aliphatic rings. The first kappa shape index (κ1) is 21.6. The molecule has 3 N–H and O–H groups in total. The van der Waals surface area contributed by atoms with Crippen molar-refractivity contribution >= 4 is 23.2 Å². The average molecular weight is 452 g/mol. The van der Waals surface area contributed by atoms with Crippen molar-refractivity contribution in [2.45, 2.75) is 25.8 Å². The number of imidazole rings is 1. The Hall–Kier alpha value is -4.22. The number of amides is 1. The maximum atomic E-state index is 12.6. The number of carbonyl (C=O) groups excluding carboxylic acids is 1. The summed E-state index contributed by atoms with van der Waals surface area (Å²) in [7, 11) is 0. The lowest BCUT2D eigenvalue weighted by Gasteiger charge is -2.20. The Morgan fingerprint density at radius 2 is 2.00 bits per heavy atom. The largest absolute Gasteiger partial charge is 0.369 e. The number of nitrogen functional groups attached to an aromatic ring is 1. The van der Waals surface area contributed by atoms with E-state index in [1.54, 1.807) is 36.7 Å². The van der Waals surface area contributed by atoms with Crippen molar-refractivity contribution in [1.82, 2.24) is 24.3 Å². The summed E-state index contributed by atoms with van der Waals surface area (Å²) < 4.78 is 1.89. The standard InChI is InChI=1S/C26H25N7O/c1-2-3-16-32-17-6-7-20(32)23-21-13-15-29-26(27)33(21)24(31-23)18-9-11-19(12-10-18)25(34)30-22-8-4-5-14-28-22/h4-5,8-15,20H,6-7,16-17H2,1H3,(H2,27,29)(H,28,30,34)/t20-/m0/s1. The molecule has 170 valence electrons. The first-order valence-corrected chi connectivity index (χ1v) is 11.2. The number of likely N-dealkylation sites (tertiary alicyclic amines) is 1. The number of pyridine rings is 1. The highest BCUT2D eigenvalue weighted by atomic mass is 16.1. The van der Waals surface area contributed by atoms with Gasteiger partial charge in [0.25, 0.3) is 5.91 Å². The molecule has 1 aliphatic heterocycles. The van der Waals surface area contributed by atoms with Gasteiger partial charge in [0.05, 0.1) is 23.8 Å². The van der Waals surface area contributed by atoms with E-state index in [4.69, 9.17) is 10.7 Å². The van der Waals surface area contributed by atoms with Gasteiger partial charge in [-0.2, -0.15) is 0 Å². The Labute approximate surface area is 197 Å². The second-order valence-electron chi connectivity index (χ2n) is 8.15. The molecule has 4 aromatic rings. The molecule has 1 amide bonds. The fraction of sp³-hybridized carbons (Fsp3) is 0.231. The Morgan fingerprint density at radius 3 is 2.76 bits per heavy atom. The predicted octanol–water partition coefficient (Wildman–Crippen LogP) is 3.79. The second-order valence-corrected chi connectivity index (χ2v) is 8.15. The Bertz CT molecular complexity index is 1380. The third-order valence-electron chi connectivity index (χ3n) is 6.06. The molecule has 1 fully saturated rings. The number of nitrogens with two attached hydrogens (primary N) is 1. The van der Waals surface area contributed by atoms with Crippen LogP contribution in [0, 0.1) is 11.8 Å². The summed E-state index contributed by atoms with van der Waals surface area (Å²) in [6.07, 6.45) is 5.48. The summed E-state index contributed by atoms with van der Waals surface area (Å²) in [5.41, 5.74) is 9.60. The van der Waals surface area contributed by atoms with Crippen LogP contribution in [-0.2, 0) is 0 Å². The van der Waals surface area contributed by atoms with E-state index >= 15 is 0 Å². The first-order chi connectivity index (χ1) is 16.7. The van der Waals surface area contributed by atoms with Gasteiger partial charge in [-0.3, -0.25) is 14.1 Å². The third-order valence-corrected chi connectivity index (χ3v) is 6.06. The molecule has 34 heavy (non-hydrogen) atoms. The number of carbonyl (C=O) groups is 1. The summed E-state index contributed by atoms with van der Waals surface area (Å²) in [4.78, 5) is 28.4. The van der Waals surface area contributed by atoms with Crippen LogP contribution in [0.15, 0.2) is 60.9 Å². The van der Waals surface area contributed by atoms with E-state index in [1.165, 1.54) is 0 Å². The van der Waals surface area contributed by atoms with E-state index in [0.29, 0.717) is 23.2 Å². The maximum Gasteiger partial charge on any atom is 0.256 e. The zero-order valence-electron chi connectivity index (χ0n) is 18.9. The molecule has 0 aliphatic carbocycles. The van der Waals surface area contributed by atoms with Crippen LogP contribution in [0.2, 0.25) is 0 Å². The molecule has 1 aromatic carbocycles. The molecule has 0 radical (unpaired) electrons. The number of hydrogen-bond donors (Lipinski definition) is 2. The Balaban J connectivity index is 1.49. The van der Waals surface area contributed by atoms with E-state index in [2.05, 4.69) is 32.0 Å². The van der Waals surface area contributed by atoms with Crippen molar-refractivity contribution in [3.63, 3.8) is 0 Å². The Morgan fingerprint density at radius 1 is 1.15 bits per heavy atom. The van der Waals surface area contributed by atoms with E-state index < -0.39 is 0 Å². The molecule has 0 saturated carbocycles. The minimum Gasteiger partial charge on any atom is -0.369 e. The van der Waals surface area contributed by atoms with E-state index in [0.717, 1.165) is 42.7 Å². The monoisotopic (exact) mass is 451 g/mol. The second kappa shape index (κ2) is 9.33. The first-order valence-electron chi connectivity index (χ1n) is 11.2. The van der Waals surface area contributed by atoms with Crippen molar-refractivity contribution in [3.8, 4) is 23.2 Å². The molecule has 4 heterocycles. The maximum absolute atomic E-state index is 12.6. The number of nitrogens with one attached hydrogen (secondary N) is 1. The Kier molecular flexibility index (Phi) is 5.93. The number of aromatic nitrogens is 4. The van der Waals surface area contributed by atoms with Crippen molar-refractivity contribution in [3.05, 3.63) is 72.2 Å². The molecule has 0 spiro atoms. The fourth-order valence-electron chi connectivity index (χ4n) is 4.42. The van der Waals surface area contributed by atoms with Gasteiger partial charge >= 0.3 is 0 Å². The predicted molar refractivity (Wildman–Crippen MR) is 132 cm³/mol. The van der Waals surface area contributed by atoms with Crippen LogP contribution < -0.4 is 11.1 Å². The zero-order chi connectivity index (χ0) is 23.5. The summed E-state index contributed by atoms with van der Waals surface area (Å²) in [5, 5.41) is 2.80. The number of anilines is 2. The average Bonchev–Trinajstić information content (AvgIpc) is 3.48. The summed E-state index contributed by atoms with van der Waals surface area (Å²) in [6, 6.07) is 14.8. The minimum atomic E-state index is -0.223. The fourth-order valence-corrected chi connectivity index (χ4v) is 4.42. The number of hydrogen-bond acceptors (Lipinski definition) is 6. The van der Waals surface area contributed by atoms with Crippen LogP contribution in [0.5, 0.6) is 0 Å². The molecule has 1 atom stereocenters. The van der Waals surface area contributed by atoms with Gasteiger partial charge in [-0.05, 0) is 56.6 Å². The molecule has 8 nitrogen and oxygen atoms in total. The lowest BCUT2D eigenvalue weighted by atomic mass is 10.1. The lowest BCUT2D eigenvalue weighted by Crippen LogP contribution is -2.24. The third kappa shape index (κ3) is 4.09. The van der Waals surface area contributed by atoms with Crippen LogP contribution in [-0.4, -0.2) is 43.2 Å². The van der Waals surface area contributed by atoms with Gasteiger partial charge in [0.1, 0.15) is 11.6 Å². The number of benzene rings is 1. The van der Waals surface area contributed by atoms with Crippen LogP contribution >= 0.6 is 0 Å². The van der Waals surface area contributed by atoms with E-state index in [-0.39, 0.29) is 11.9 Å². The molecule has 3 aromatic heterocycles. The van der Waals surface area contributed by atoms with Crippen molar-refractivity contribution in [2.24, 2.45) is 0 Å². The molecule has 8 heteroatoms. The van der Waals surface area contributed by atoms with Gasteiger partial charge in [0.15, 0.2) is 0 Å². The SMILES string of the molecule is CC#CCN1CCC[C@H]1c1nc(-c2ccc(C(=O)Nc3ccccn3)cc2)n2c(N)nccc12. The van der Waals surface area contributed by atoms with E-state index in [9.17, 15) is 4.79 Å². The van der Waals surface area contributed by atoms with Crippen molar-refractivity contribution < 1.29 is 4.79 Å². The molecule has 0 bridgehead atoms. The highest BCUT2D eigenvalue weighted by Crippen LogP contribution is 2.36. The van der Waals surface area contributed by atoms with Gasteiger partial charge in [-0.15, -0.1) is 5.92 Å². The zero-order valence-corrected chi connectivity index (χ0v) is 18.9. The summed E-state index contributed by atoms with van der Waals surface area (Å²) in [6.45, 7) is 3.58. The number of nitrogens with zero attached hydrogens (tertiary/aromatic N) is 5. The summed E-state index contributed by atoms with van der Waals surface area (Å²) >= 11 is 0. The van der Waals surface area contributed by atoms with Crippen molar-refractivity contribution in [2.75, 3.05) is 24.1 Å². The number of rotatable bonds is 5. The van der Waals surface area contributed by atoms with Gasteiger partial charge < -0.3 is 11.1 Å². The van der Waals surface area contributed by atoms with Gasteiger partial charge in [0, 0.05) is 23.5 Å². The molecule has 0 unspecified atom stereocenters. The van der Waals surface area contributed by atoms with Gasteiger partial charge in [-0.25, -0.2) is 15.0 Å². The van der Waals surface area contributed by atoms with Gasteiger partial charge in [-0.1, -0.05) is 24.1 Å². The van der Waals surface area contributed by atoms with Crippen LogP contribution in [0.4, 0.5) is 11.8 Å². The number of fused-ring (bicyclic) bond motifs is 1. The molecule has 1 saturated heterocycles. The normalized spacial score (nSPS) is 15.7. The summed E-state index contributed by atoms with van der Waals surface area (Å²) in [5.74, 6) is 7.54. The van der Waals surface area contributed by atoms with Crippen LogP contribution in [0.25, 0.3) is 16.9 Å². The van der Waals surface area contributed by atoms with Crippen LogP contribution in [0.3, 0.4) is 0 Å². The molecular formula is C26H25N7O. The lowest BCUT2D eigenvalue weighted by molar-refractivity contribution is 0.102. The topological polar surface area (TPSA) is 101 Å². The van der Waals surface area contributed by atoms with Crippen molar-refractivity contribution in [1.29, 1.82) is 0 Å².